The second kappa shape index (κ2) is 8.72. The fourth-order valence-electron chi connectivity index (χ4n) is 8.00. The van der Waals surface area contributed by atoms with Crippen molar-refractivity contribution in [3.05, 3.63) is 30.1 Å². The number of rotatable bonds is 5. The minimum absolute atomic E-state index is 0.0301. The minimum atomic E-state index is -0.948. The third-order valence-corrected chi connectivity index (χ3v) is 10.0. The highest BCUT2D eigenvalue weighted by molar-refractivity contribution is 5.65. The molecule has 3 aliphatic carbocycles. The number of nitrogens with zero attached hydrogens (tertiary/aromatic N) is 1. The smallest absolute Gasteiger partial charge is 0.302 e. The number of aliphatic hydroxyl groups is 2. The average Bonchev–Trinajstić information content (AvgIpc) is 3.06. The van der Waals surface area contributed by atoms with E-state index in [-0.39, 0.29) is 35.2 Å². The summed E-state index contributed by atoms with van der Waals surface area (Å²) in [6.07, 6.45) is 8.63. The molecule has 1 aromatic rings. The maximum Gasteiger partial charge on any atom is 0.302 e. The molecule has 0 bridgehead atoms. The fourth-order valence-corrected chi connectivity index (χ4v) is 8.00. The first-order valence-corrected chi connectivity index (χ1v) is 12.5. The Morgan fingerprint density at radius 2 is 1.91 bits per heavy atom. The SMILES string of the molecule is CC(=O)OC[C@H]1C[C@@H](C)CC[C@]1(C)[C@H]1CC[C@@]2(C)[C@@H](CC[C@@]2(O)c2ccccn2)[C@@H]1CO. The largest absolute Gasteiger partial charge is 0.466 e. The molecule has 0 spiro atoms. The summed E-state index contributed by atoms with van der Waals surface area (Å²) in [5.74, 6) is 1.50. The zero-order chi connectivity index (χ0) is 23.1. The molecule has 5 heteroatoms. The number of carbonyl (C=O) groups is 1. The van der Waals surface area contributed by atoms with E-state index in [9.17, 15) is 15.0 Å². The Kier molecular flexibility index (Phi) is 6.45. The van der Waals surface area contributed by atoms with Crippen LogP contribution < -0.4 is 0 Å². The van der Waals surface area contributed by atoms with Gasteiger partial charge in [-0.2, -0.15) is 0 Å². The molecule has 3 fully saturated rings. The van der Waals surface area contributed by atoms with Crippen LogP contribution in [0.3, 0.4) is 0 Å². The molecule has 3 aliphatic rings. The minimum Gasteiger partial charge on any atom is -0.466 e. The zero-order valence-electron chi connectivity index (χ0n) is 20.2. The average molecular weight is 444 g/mol. The van der Waals surface area contributed by atoms with Crippen molar-refractivity contribution in [2.45, 2.75) is 78.2 Å². The number of carbonyl (C=O) groups excluding carboxylic acids is 1. The van der Waals surface area contributed by atoms with Gasteiger partial charge < -0.3 is 14.9 Å². The lowest BCUT2D eigenvalue weighted by molar-refractivity contribution is -0.160. The van der Waals surface area contributed by atoms with E-state index < -0.39 is 5.60 Å². The van der Waals surface area contributed by atoms with Crippen LogP contribution in [-0.4, -0.2) is 34.4 Å². The molecule has 5 nitrogen and oxygen atoms in total. The molecule has 0 radical (unpaired) electrons. The Morgan fingerprint density at radius 3 is 2.56 bits per heavy atom. The fraction of sp³-hybridized carbons (Fsp3) is 0.778. The van der Waals surface area contributed by atoms with Gasteiger partial charge in [-0.3, -0.25) is 9.78 Å². The molecular weight excluding hydrogens is 402 g/mol. The third kappa shape index (κ3) is 3.69. The van der Waals surface area contributed by atoms with Crippen LogP contribution in [0, 0.1) is 40.4 Å². The number of hydrogen-bond donors (Lipinski definition) is 2. The van der Waals surface area contributed by atoms with Gasteiger partial charge in [0.25, 0.3) is 0 Å². The summed E-state index contributed by atoms with van der Waals surface area (Å²) in [5.41, 5.74) is -0.445. The quantitative estimate of drug-likeness (QED) is 0.644. The van der Waals surface area contributed by atoms with Gasteiger partial charge >= 0.3 is 5.97 Å². The van der Waals surface area contributed by atoms with Crippen LogP contribution in [0.1, 0.15) is 78.3 Å². The van der Waals surface area contributed by atoms with Crippen molar-refractivity contribution in [1.29, 1.82) is 0 Å². The number of esters is 1. The van der Waals surface area contributed by atoms with E-state index in [4.69, 9.17) is 4.74 Å². The monoisotopic (exact) mass is 443 g/mol. The standard InChI is InChI=1S/C27H41NO4/c1-18-8-11-25(3,20(15-18)17-32-19(2)30)22-9-12-26(4)23(21(22)16-29)10-13-27(26,31)24-7-5-6-14-28-24/h5-7,14,18,20-23,29,31H,8-13,15-17H2,1-4H3/t18-,20+,21+,22-,23-,25-,26-,27+/m0/s1. The Balaban J connectivity index is 1.64. The van der Waals surface area contributed by atoms with Gasteiger partial charge in [-0.05, 0) is 85.7 Å². The molecule has 178 valence electrons. The number of ether oxygens (including phenoxy) is 1. The van der Waals surface area contributed by atoms with E-state index in [0.717, 1.165) is 37.8 Å². The van der Waals surface area contributed by atoms with Crippen LogP contribution in [0.25, 0.3) is 0 Å². The van der Waals surface area contributed by atoms with Crippen molar-refractivity contribution in [2.24, 2.45) is 40.4 Å². The summed E-state index contributed by atoms with van der Waals surface area (Å²) in [6, 6.07) is 5.80. The number of pyridine rings is 1. The lowest BCUT2D eigenvalue weighted by atomic mass is 9.48. The molecule has 1 aromatic heterocycles. The van der Waals surface area contributed by atoms with E-state index in [0.29, 0.717) is 30.8 Å². The second-order valence-corrected chi connectivity index (χ2v) is 11.5. The van der Waals surface area contributed by atoms with Crippen molar-refractivity contribution >= 4 is 5.97 Å². The predicted molar refractivity (Wildman–Crippen MR) is 124 cm³/mol. The molecule has 0 unspecified atom stereocenters. The van der Waals surface area contributed by atoms with Crippen LogP contribution in [0.4, 0.5) is 0 Å². The molecule has 4 rings (SSSR count). The maximum atomic E-state index is 11.9. The lowest BCUT2D eigenvalue weighted by Gasteiger charge is -2.58. The van der Waals surface area contributed by atoms with Gasteiger partial charge in [0, 0.05) is 25.1 Å². The summed E-state index contributed by atoms with van der Waals surface area (Å²) >= 11 is 0. The van der Waals surface area contributed by atoms with Gasteiger partial charge in [-0.25, -0.2) is 0 Å². The van der Waals surface area contributed by atoms with Crippen molar-refractivity contribution < 1.29 is 19.7 Å². The predicted octanol–water partition coefficient (Wildman–Crippen LogP) is 4.71. The number of hydrogen-bond acceptors (Lipinski definition) is 5. The number of aliphatic hydroxyl groups excluding tert-OH is 1. The van der Waals surface area contributed by atoms with Gasteiger partial charge in [0.15, 0.2) is 0 Å². The first-order chi connectivity index (χ1) is 15.2. The summed E-state index contributed by atoms with van der Waals surface area (Å²) in [4.78, 5) is 16.1. The topological polar surface area (TPSA) is 79.7 Å². The molecule has 0 amide bonds. The Labute approximate surface area is 193 Å². The molecule has 0 saturated heterocycles. The number of aromatic nitrogens is 1. The second-order valence-electron chi connectivity index (χ2n) is 11.5. The van der Waals surface area contributed by atoms with Crippen LogP contribution in [0.2, 0.25) is 0 Å². The lowest BCUT2D eigenvalue weighted by Crippen LogP contribution is -2.55. The summed E-state index contributed by atoms with van der Waals surface area (Å²) < 4.78 is 5.53. The summed E-state index contributed by atoms with van der Waals surface area (Å²) in [7, 11) is 0. The van der Waals surface area contributed by atoms with Gasteiger partial charge in [-0.15, -0.1) is 0 Å². The molecule has 1 heterocycles. The van der Waals surface area contributed by atoms with Crippen molar-refractivity contribution in [1.82, 2.24) is 4.98 Å². The van der Waals surface area contributed by atoms with Crippen molar-refractivity contribution in [2.75, 3.05) is 13.2 Å². The van der Waals surface area contributed by atoms with Crippen LogP contribution in [0.5, 0.6) is 0 Å². The van der Waals surface area contributed by atoms with Crippen molar-refractivity contribution in [3.8, 4) is 0 Å². The number of fused-ring (bicyclic) bond motifs is 1. The molecule has 8 atom stereocenters. The molecular formula is C27H41NO4. The molecule has 3 saturated carbocycles. The Hall–Kier alpha value is -1.46. The molecule has 2 N–H and O–H groups in total. The van der Waals surface area contributed by atoms with Gasteiger partial charge in [0.2, 0.25) is 0 Å². The highest BCUT2D eigenvalue weighted by atomic mass is 16.5. The van der Waals surface area contributed by atoms with Gasteiger partial charge in [-0.1, -0.05) is 33.3 Å². The van der Waals surface area contributed by atoms with E-state index in [1.165, 1.54) is 13.3 Å². The first-order valence-electron chi connectivity index (χ1n) is 12.5. The van der Waals surface area contributed by atoms with E-state index in [1.54, 1.807) is 6.20 Å². The molecule has 0 aliphatic heterocycles. The summed E-state index contributed by atoms with van der Waals surface area (Å²) in [5, 5.41) is 22.6. The van der Waals surface area contributed by atoms with Crippen LogP contribution in [0.15, 0.2) is 24.4 Å². The van der Waals surface area contributed by atoms with Gasteiger partial charge in [0.1, 0.15) is 5.60 Å². The van der Waals surface area contributed by atoms with Gasteiger partial charge in [0.05, 0.1) is 12.3 Å². The Bertz CT molecular complexity index is 815. The third-order valence-electron chi connectivity index (χ3n) is 10.0. The molecule has 0 aromatic carbocycles. The summed E-state index contributed by atoms with van der Waals surface area (Å²) in [6.45, 7) is 9.01. The van der Waals surface area contributed by atoms with E-state index >= 15 is 0 Å². The molecule has 32 heavy (non-hydrogen) atoms. The Morgan fingerprint density at radius 1 is 1.16 bits per heavy atom. The highest BCUT2D eigenvalue weighted by Gasteiger charge is 2.64. The maximum absolute atomic E-state index is 11.9. The zero-order valence-corrected chi connectivity index (χ0v) is 20.2. The van der Waals surface area contributed by atoms with Crippen LogP contribution in [-0.2, 0) is 15.1 Å². The first kappa shape index (κ1) is 23.7. The highest BCUT2D eigenvalue weighted by Crippen LogP contribution is 2.67. The van der Waals surface area contributed by atoms with E-state index in [2.05, 4.69) is 25.8 Å². The van der Waals surface area contributed by atoms with Crippen molar-refractivity contribution in [3.63, 3.8) is 0 Å². The van der Waals surface area contributed by atoms with Crippen LogP contribution >= 0.6 is 0 Å². The van der Waals surface area contributed by atoms with E-state index in [1.807, 2.05) is 18.2 Å². The normalized spacial score (nSPS) is 44.1.